The number of aromatic nitrogens is 1. The van der Waals surface area contributed by atoms with Crippen molar-refractivity contribution in [2.75, 3.05) is 40.1 Å². The van der Waals surface area contributed by atoms with Crippen molar-refractivity contribution < 1.29 is 13.2 Å². The maximum absolute atomic E-state index is 13.1. The molecule has 4 aromatic rings. The first-order valence-corrected chi connectivity index (χ1v) is 16.2. The quantitative estimate of drug-likeness (QED) is 0.287. The van der Waals surface area contributed by atoms with Gasteiger partial charge < -0.3 is 20.1 Å². The lowest BCUT2D eigenvalue weighted by molar-refractivity contribution is 0.102. The van der Waals surface area contributed by atoms with E-state index in [2.05, 4.69) is 36.3 Å². The van der Waals surface area contributed by atoms with E-state index in [0.717, 1.165) is 33.6 Å². The van der Waals surface area contributed by atoms with Crippen LogP contribution in [0, 0.1) is 6.92 Å². The Hall–Kier alpha value is -4.37. The van der Waals surface area contributed by atoms with Crippen LogP contribution in [-0.2, 0) is 22.3 Å². The van der Waals surface area contributed by atoms with Crippen LogP contribution in [0.15, 0.2) is 83.8 Å². The molecule has 1 amide bonds. The molecule has 3 aromatic carbocycles. The van der Waals surface area contributed by atoms with Crippen LogP contribution in [0.1, 0.15) is 42.3 Å². The minimum Gasteiger partial charge on any atom is -0.369 e. The lowest BCUT2D eigenvalue weighted by Crippen LogP contribution is -2.40. The predicted octanol–water partition coefficient (Wildman–Crippen LogP) is 5.89. The van der Waals surface area contributed by atoms with Crippen molar-refractivity contribution in [3.05, 3.63) is 106 Å². The number of benzene rings is 3. The van der Waals surface area contributed by atoms with Crippen molar-refractivity contribution in [3.63, 3.8) is 0 Å². The van der Waals surface area contributed by atoms with Gasteiger partial charge >= 0.3 is 0 Å². The van der Waals surface area contributed by atoms with Crippen LogP contribution < -0.4 is 21.1 Å². The van der Waals surface area contributed by atoms with E-state index in [4.69, 9.17) is 0 Å². The molecule has 1 aliphatic rings. The lowest BCUT2D eigenvalue weighted by atomic mass is 9.86. The first-order chi connectivity index (χ1) is 20.3. The molecule has 1 saturated heterocycles. The highest BCUT2D eigenvalue weighted by atomic mass is 32.2. The SMILES string of the molecule is Cc1c(NC(=O)c2ccc(C(C)(C)C)cc2)cccc1-c1cc(Nc2ccc(N3CCS(=O)(=O)CC3)cc2)c(=O)n(C)c1. The van der Waals surface area contributed by atoms with Gasteiger partial charge in [0.2, 0.25) is 0 Å². The van der Waals surface area contributed by atoms with Crippen LogP contribution in [0.4, 0.5) is 22.7 Å². The minimum atomic E-state index is -2.95. The Kier molecular flexibility index (Phi) is 8.21. The number of anilines is 4. The maximum Gasteiger partial charge on any atom is 0.274 e. The van der Waals surface area contributed by atoms with Crippen molar-refractivity contribution in [1.29, 1.82) is 0 Å². The van der Waals surface area contributed by atoms with Gasteiger partial charge in [-0.25, -0.2) is 8.42 Å². The fraction of sp³-hybridized carbons (Fsp3) is 0.294. The van der Waals surface area contributed by atoms with Crippen molar-refractivity contribution in [2.45, 2.75) is 33.1 Å². The van der Waals surface area contributed by atoms with Crippen LogP contribution in [0.2, 0.25) is 0 Å². The molecule has 2 N–H and O–H groups in total. The predicted molar refractivity (Wildman–Crippen MR) is 176 cm³/mol. The third-order valence-corrected chi connectivity index (χ3v) is 9.55. The summed E-state index contributed by atoms with van der Waals surface area (Å²) in [6, 6.07) is 22.9. The monoisotopic (exact) mass is 598 g/mol. The van der Waals surface area contributed by atoms with Crippen LogP contribution >= 0.6 is 0 Å². The molecule has 0 bridgehead atoms. The summed E-state index contributed by atoms with van der Waals surface area (Å²) < 4.78 is 25.1. The topological polar surface area (TPSA) is 101 Å². The normalized spacial score (nSPS) is 14.8. The molecule has 224 valence electrons. The number of rotatable bonds is 6. The highest BCUT2D eigenvalue weighted by Crippen LogP contribution is 2.31. The van der Waals surface area contributed by atoms with Gasteiger partial charge in [0, 0.05) is 54.5 Å². The average Bonchev–Trinajstić information content (AvgIpc) is 2.96. The van der Waals surface area contributed by atoms with Crippen molar-refractivity contribution in [1.82, 2.24) is 4.57 Å². The van der Waals surface area contributed by atoms with Gasteiger partial charge in [-0.15, -0.1) is 0 Å². The summed E-state index contributed by atoms with van der Waals surface area (Å²) in [6.07, 6.45) is 1.79. The van der Waals surface area contributed by atoms with E-state index in [0.29, 0.717) is 30.0 Å². The number of pyridine rings is 1. The van der Waals surface area contributed by atoms with Gasteiger partial charge in [0.1, 0.15) is 5.69 Å². The summed E-state index contributed by atoms with van der Waals surface area (Å²) in [5.74, 6) is 0.133. The zero-order chi connectivity index (χ0) is 30.9. The van der Waals surface area contributed by atoms with Crippen LogP contribution in [0.5, 0.6) is 0 Å². The number of sulfone groups is 1. The molecule has 0 aliphatic carbocycles. The van der Waals surface area contributed by atoms with Crippen LogP contribution in [-0.4, -0.2) is 43.5 Å². The second kappa shape index (κ2) is 11.7. The number of hydrogen-bond acceptors (Lipinski definition) is 6. The Labute approximate surface area is 253 Å². The molecule has 0 atom stereocenters. The number of nitrogens with one attached hydrogen (secondary N) is 2. The highest BCUT2D eigenvalue weighted by Gasteiger charge is 2.22. The standard InChI is InChI=1S/C34H38N4O4S/c1-23-29(7-6-8-30(23)36-32(39)24-9-11-26(12-10-24)34(2,3)4)25-21-31(33(40)37(5)22-25)35-27-13-15-28(16-14-27)38-17-19-43(41,42)20-18-38/h6-16,21-22,35H,17-20H2,1-5H3,(H,36,39). The minimum absolute atomic E-state index is 0.00719. The lowest BCUT2D eigenvalue weighted by Gasteiger charge is -2.28. The van der Waals surface area contributed by atoms with E-state index in [9.17, 15) is 18.0 Å². The van der Waals surface area contributed by atoms with Gasteiger partial charge in [-0.1, -0.05) is 45.0 Å². The van der Waals surface area contributed by atoms with Crippen LogP contribution in [0.3, 0.4) is 0 Å². The Bertz CT molecular complexity index is 1810. The zero-order valence-electron chi connectivity index (χ0n) is 25.3. The molecular formula is C34H38N4O4S. The molecule has 43 heavy (non-hydrogen) atoms. The molecule has 0 saturated carbocycles. The fourth-order valence-corrected chi connectivity index (χ4v) is 6.43. The van der Waals surface area contributed by atoms with E-state index in [1.807, 2.05) is 79.7 Å². The van der Waals surface area contributed by atoms with Crippen molar-refractivity contribution in [2.24, 2.45) is 7.05 Å². The molecule has 1 fully saturated rings. The summed E-state index contributed by atoms with van der Waals surface area (Å²) in [5, 5.41) is 6.30. The number of amides is 1. The molecule has 9 heteroatoms. The van der Waals surface area contributed by atoms with Crippen molar-refractivity contribution in [3.8, 4) is 11.1 Å². The van der Waals surface area contributed by atoms with Gasteiger partial charge in [0.25, 0.3) is 11.5 Å². The largest absolute Gasteiger partial charge is 0.369 e. The molecule has 0 spiro atoms. The number of carbonyl (C=O) groups excluding carboxylic acids is 1. The summed E-state index contributed by atoms with van der Waals surface area (Å²) >= 11 is 0. The maximum atomic E-state index is 13.1. The van der Waals surface area contributed by atoms with Gasteiger partial charge in [-0.05, 0) is 77.6 Å². The third kappa shape index (κ3) is 6.83. The molecule has 0 radical (unpaired) electrons. The van der Waals surface area contributed by atoms with E-state index in [-0.39, 0.29) is 28.4 Å². The molecule has 2 heterocycles. The van der Waals surface area contributed by atoms with E-state index >= 15 is 0 Å². The van der Waals surface area contributed by atoms with Crippen LogP contribution in [0.25, 0.3) is 11.1 Å². The molecule has 0 unspecified atom stereocenters. The zero-order valence-corrected chi connectivity index (χ0v) is 26.1. The van der Waals surface area contributed by atoms with Gasteiger partial charge in [-0.3, -0.25) is 9.59 Å². The average molecular weight is 599 g/mol. The molecule has 1 aromatic heterocycles. The fourth-order valence-electron chi connectivity index (χ4n) is 5.23. The summed E-state index contributed by atoms with van der Waals surface area (Å²) in [6.45, 7) is 9.32. The van der Waals surface area contributed by atoms with E-state index in [1.54, 1.807) is 17.8 Å². The highest BCUT2D eigenvalue weighted by molar-refractivity contribution is 7.91. The molecule has 5 rings (SSSR count). The number of aryl methyl sites for hydroxylation is 1. The first kappa shape index (κ1) is 30.1. The number of hydrogen-bond donors (Lipinski definition) is 2. The molecular weight excluding hydrogens is 560 g/mol. The number of nitrogens with zero attached hydrogens (tertiary/aromatic N) is 2. The first-order valence-electron chi connectivity index (χ1n) is 14.4. The second-order valence-electron chi connectivity index (χ2n) is 12.1. The Morgan fingerprint density at radius 1 is 0.884 bits per heavy atom. The second-order valence-corrected chi connectivity index (χ2v) is 14.4. The van der Waals surface area contributed by atoms with Gasteiger partial charge in [0.15, 0.2) is 9.84 Å². The van der Waals surface area contributed by atoms with E-state index in [1.165, 1.54) is 0 Å². The molecule has 8 nitrogen and oxygen atoms in total. The van der Waals surface area contributed by atoms with Gasteiger partial charge in [-0.2, -0.15) is 0 Å². The van der Waals surface area contributed by atoms with Crippen molar-refractivity contribution >= 4 is 38.5 Å². The Balaban J connectivity index is 1.35. The van der Waals surface area contributed by atoms with Gasteiger partial charge in [0.05, 0.1) is 11.5 Å². The third-order valence-electron chi connectivity index (χ3n) is 7.95. The number of carbonyl (C=O) groups is 1. The summed E-state index contributed by atoms with van der Waals surface area (Å²) in [5.41, 5.74) is 7.02. The summed E-state index contributed by atoms with van der Waals surface area (Å²) in [7, 11) is -1.24. The van der Waals surface area contributed by atoms with E-state index < -0.39 is 9.84 Å². The smallest absolute Gasteiger partial charge is 0.274 e. The Morgan fingerprint density at radius 3 is 2.16 bits per heavy atom. The Morgan fingerprint density at radius 2 is 1.53 bits per heavy atom. The molecule has 1 aliphatic heterocycles. The summed E-state index contributed by atoms with van der Waals surface area (Å²) in [4.78, 5) is 28.2.